The number of hydrogen-bond acceptors (Lipinski definition) is 6. The van der Waals surface area contributed by atoms with E-state index in [2.05, 4.69) is 17.1 Å². The van der Waals surface area contributed by atoms with Crippen LogP contribution in [0.1, 0.15) is 48.0 Å². The van der Waals surface area contributed by atoms with Crippen LogP contribution in [-0.4, -0.2) is 50.5 Å². The van der Waals surface area contributed by atoms with E-state index < -0.39 is 0 Å². The number of amides is 1. The molecule has 8 heteroatoms. The molecule has 8 nitrogen and oxygen atoms in total. The normalized spacial score (nSPS) is 15.9. The molecule has 0 radical (unpaired) electrons. The van der Waals surface area contributed by atoms with Gasteiger partial charge in [0.15, 0.2) is 5.69 Å². The number of benzene rings is 2. The number of nitrogens with zero attached hydrogens (tertiary/aromatic N) is 5. The van der Waals surface area contributed by atoms with Crippen molar-refractivity contribution in [3.8, 4) is 34.3 Å². The highest BCUT2D eigenvalue weighted by Gasteiger charge is 2.25. The number of piperidine rings is 1. The molecule has 2 aromatic carbocycles. The maximum absolute atomic E-state index is 13.1. The molecule has 1 fully saturated rings. The van der Waals surface area contributed by atoms with Crippen molar-refractivity contribution in [1.29, 1.82) is 0 Å². The number of rotatable bonds is 5. The van der Waals surface area contributed by atoms with Gasteiger partial charge in [-0.2, -0.15) is 5.10 Å². The molecule has 180 valence electrons. The van der Waals surface area contributed by atoms with Crippen molar-refractivity contribution in [2.75, 3.05) is 13.7 Å². The number of aromatic nitrogens is 4. The summed E-state index contributed by atoms with van der Waals surface area (Å²) in [5.74, 6) is 1.71. The molecule has 1 saturated heterocycles. The predicted octanol–water partition coefficient (Wildman–Crippen LogP) is 5.23. The Balaban J connectivity index is 1.55. The molecule has 5 rings (SSSR count). The minimum absolute atomic E-state index is 0.0813. The number of methoxy groups -OCH3 is 1. The lowest BCUT2D eigenvalue weighted by Crippen LogP contribution is -2.42. The second kappa shape index (κ2) is 9.37. The zero-order valence-electron chi connectivity index (χ0n) is 20.5. The number of aryl methyl sites for hydroxylation is 1. The van der Waals surface area contributed by atoms with E-state index in [1.165, 1.54) is 6.42 Å². The molecule has 35 heavy (non-hydrogen) atoms. The second-order valence-corrected chi connectivity index (χ2v) is 8.98. The summed E-state index contributed by atoms with van der Waals surface area (Å²) in [5.41, 5.74) is 4.94. The molecule has 0 aliphatic carbocycles. The standard InChI is InChI=1S/C27H29N5O3/c1-17-7-5-6-16-31(17)27(33)21-8-12-22(13-9-21)32-25(20-10-14-23(34-4)15-11-20)18(2)24(30-32)26-29-28-19(3)35-26/h8-15,17H,5-7,16H2,1-4H3/t17-/m1/s1. The van der Waals surface area contributed by atoms with E-state index in [-0.39, 0.29) is 11.9 Å². The number of carbonyl (C=O) groups excluding carboxylic acids is 1. The van der Waals surface area contributed by atoms with Gasteiger partial charge in [-0.25, -0.2) is 4.68 Å². The molecule has 3 heterocycles. The lowest BCUT2D eigenvalue weighted by atomic mass is 10.0. The predicted molar refractivity (Wildman–Crippen MR) is 133 cm³/mol. The highest BCUT2D eigenvalue weighted by atomic mass is 16.5. The Bertz CT molecular complexity index is 1340. The largest absolute Gasteiger partial charge is 0.497 e. The zero-order chi connectivity index (χ0) is 24.5. The van der Waals surface area contributed by atoms with E-state index >= 15 is 0 Å². The van der Waals surface area contributed by atoms with E-state index in [9.17, 15) is 4.79 Å². The third-order valence-electron chi connectivity index (χ3n) is 6.64. The van der Waals surface area contributed by atoms with Crippen LogP contribution < -0.4 is 4.74 Å². The molecule has 4 aromatic rings. The average molecular weight is 472 g/mol. The summed E-state index contributed by atoms with van der Waals surface area (Å²) in [4.78, 5) is 15.1. The fourth-order valence-corrected chi connectivity index (χ4v) is 4.68. The van der Waals surface area contributed by atoms with E-state index in [0.717, 1.165) is 47.6 Å². The van der Waals surface area contributed by atoms with Crippen molar-refractivity contribution in [3.63, 3.8) is 0 Å². The van der Waals surface area contributed by atoms with E-state index in [4.69, 9.17) is 14.3 Å². The summed E-state index contributed by atoms with van der Waals surface area (Å²) in [7, 11) is 1.65. The Hall–Kier alpha value is -3.94. The van der Waals surface area contributed by atoms with E-state index in [1.54, 1.807) is 14.0 Å². The minimum Gasteiger partial charge on any atom is -0.497 e. The highest BCUT2D eigenvalue weighted by molar-refractivity contribution is 5.94. The van der Waals surface area contributed by atoms with Crippen molar-refractivity contribution >= 4 is 5.91 Å². The Labute approximate surface area is 204 Å². The molecule has 1 amide bonds. The van der Waals surface area contributed by atoms with Gasteiger partial charge in [-0.1, -0.05) is 0 Å². The van der Waals surface area contributed by atoms with Crippen LogP contribution in [0.4, 0.5) is 0 Å². The van der Waals surface area contributed by atoms with Crippen LogP contribution in [0.25, 0.3) is 28.5 Å². The SMILES string of the molecule is COc1ccc(-c2c(C)c(-c3nnc(C)o3)nn2-c2ccc(C(=O)N3CCCC[C@H]3C)cc2)cc1. The van der Waals surface area contributed by atoms with Crippen LogP contribution in [0, 0.1) is 13.8 Å². The van der Waals surface area contributed by atoms with Crippen LogP contribution in [0.15, 0.2) is 52.9 Å². The van der Waals surface area contributed by atoms with Crippen molar-refractivity contribution in [2.24, 2.45) is 0 Å². The van der Waals surface area contributed by atoms with Gasteiger partial charge in [-0.05, 0) is 81.6 Å². The van der Waals surface area contributed by atoms with E-state index in [1.807, 2.05) is 65.0 Å². The number of hydrogen-bond donors (Lipinski definition) is 0. The van der Waals surface area contributed by atoms with Crippen LogP contribution >= 0.6 is 0 Å². The first kappa shape index (κ1) is 22.8. The summed E-state index contributed by atoms with van der Waals surface area (Å²) >= 11 is 0. The topological polar surface area (TPSA) is 86.3 Å². The van der Waals surface area contributed by atoms with Crippen LogP contribution in [0.5, 0.6) is 5.75 Å². The molecule has 0 saturated carbocycles. The number of ether oxygens (including phenoxy) is 1. The zero-order valence-corrected chi connectivity index (χ0v) is 20.5. The van der Waals surface area contributed by atoms with Gasteiger partial charge in [0.2, 0.25) is 5.89 Å². The lowest BCUT2D eigenvalue weighted by molar-refractivity contribution is 0.0635. The Morgan fingerprint density at radius 2 is 1.77 bits per heavy atom. The fourth-order valence-electron chi connectivity index (χ4n) is 4.68. The number of carbonyl (C=O) groups is 1. The highest BCUT2D eigenvalue weighted by Crippen LogP contribution is 2.34. The summed E-state index contributed by atoms with van der Waals surface area (Å²) in [6.45, 7) is 6.69. The Morgan fingerprint density at radius 3 is 2.40 bits per heavy atom. The van der Waals surface area contributed by atoms with E-state index in [0.29, 0.717) is 23.0 Å². The Kier molecular flexibility index (Phi) is 6.11. The van der Waals surface area contributed by atoms with Crippen molar-refractivity contribution in [1.82, 2.24) is 24.9 Å². The van der Waals surface area contributed by atoms with Crippen LogP contribution in [0.2, 0.25) is 0 Å². The molecule has 0 bridgehead atoms. The summed E-state index contributed by atoms with van der Waals surface area (Å²) < 4.78 is 12.9. The van der Waals surface area contributed by atoms with Gasteiger partial charge >= 0.3 is 0 Å². The molecule has 2 aromatic heterocycles. The monoisotopic (exact) mass is 471 g/mol. The maximum Gasteiger partial charge on any atom is 0.268 e. The quantitative estimate of drug-likeness (QED) is 0.396. The minimum atomic E-state index is 0.0813. The first-order chi connectivity index (χ1) is 17.0. The molecule has 0 N–H and O–H groups in total. The van der Waals surface area contributed by atoms with Gasteiger partial charge in [0.25, 0.3) is 11.8 Å². The van der Waals surface area contributed by atoms with Crippen LogP contribution in [-0.2, 0) is 0 Å². The number of likely N-dealkylation sites (tertiary alicyclic amines) is 1. The lowest BCUT2D eigenvalue weighted by Gasteiger charge is -2.33. The van der Waals surface area contributed by atoms with Gasteiger partial charge in [-0.15, -0.1) is 10.2 Å². The fraction of sp³-hybridized carbons (Fsp3) is 0.333. The molecule has 1 aliphatic rings. The average Bonchev–Trinajstić information content (AvgIpc) is 3.47. The molecule has 0 spiro atoms. The smallest absolute Gasteiger partial charge is 0.268 e. The molecule has 0 unspecified atom stereocenters. The molecular formula is C27H29N5O3. The summed E-state index contributed by atoms with van der Waals surface area (Å²) in [6.07, 6.45) is 3.29. The van der Waals surface area contributed by atoms with Crippen molar-refractivity contribution < 1.29 is 13.9 Å². The molecule has 1 aliphatic heterocycles. The van der Waals surface area contributed by atoms with Gasteiger partial charge in [0, 0.05) is 36.2 Å². The van der Waals surface area contributed by atoms with Gasteiger partial charge in [0.1, 0.15) is 5.75 Å². The van der Waals surface area contributed by atoms with Crippen molar-refractivity contribution in [3.05, 3.63) is 65.5 Å². The third kappa shape index (κ3) is 4.32. The second-order valence-electron chi connectivity index (χ2n) is 8.98. The first-order valence-electron chi connectivity index (χ1n) is 11.9. The van der Waals surface area contributed by atoms with Gasteiger partial charge < -0.3 is 14.1 Å². The Morgan fingerprint density at radius 1 is 1.03 bits per heavy atom. The third-order valence-corrected chi connectivity index (χ3v) is 6.64. The maximum atomic E-state index is 13.1. The molecule has 1 atom stereocenters. The van der Waals surface area contributed by atoms with Crippen LogP contribution in [0.3, 0.4) is 0 Å². The van der Waals surface area contributed by atoms with Gasteiger partial charge in [-0.3, -0.25) is 4.79 Å². The molecular weight excluding hydrogens is 442 g/mol. The van der Waals surface area contributed by atoms with Crippen molar-refractivity contribution in [2.45, 2.75) is 46.1 Å². The van der Waals surface area contributed by atoms with Gasteiger partial charge in [0.05, 0.1) is 18.5 Å². The summed E-state index contributed by atoms with van der Waals surface area (Å²) in [6, 6.07) is 15.7. The first-order valence-corrected chi connectivity index (χ1v) is 11.9. The summed E-state index contributed by atoms with van der Waals surface area (Å²) in [5, 5.41) is 13.0.